The highest BCUT2D eigenvalue weighted by atomic mass is 19.1. The third-order valence-electron chi connectivity index (χ3n) is 3.44. The quantitative estimate of drug-likeness (QED) is 0.761. The number of carbonyl (C=O) groups excluding carboxylic acids is 1. The van der Waals surface area contributed by atoms with Crippen molar-refractivity contribution in [2.24, 2.45) is 0 Å². The molecule has 25 heavy (non-hydrogen) atoms. The summed E-state index contributed by atoms with van der Waals surface area (Å²) in [5, 5.41) is 2.63. The van der Waals surface area contributed by atoms with Crippen LogP contribution in [0.3, 0.4) is 0 Å². The van der Waals surface area contributed by atoms with E-state index in [0.717, 1.165) is 0 Å². The molecule has 0 bridgehead atoms. The van der Waals surface area contributed by atoms with Gasteiger partial charge in [0.05, 0.1) is 0 Å². The van der Waals surface area contributed by atoms with E-state index in [2.05, 4.69) is 10.3 Å². The predicted octanol–water partition coefficient (Wildman–Crippen LogP) is 4.08. The Labute approximate surface area is 143 Å². The van der Waals surface area contributed by atoms with Gasteiger partial charge in [0, 0.05) is 18.3 Å². The maximum absolute atomic E-state index is 13.6. The second kappa shape index (κ2) is 7.53. The van der Waals surface area contributed by atoms with Gasteiger partial charge in [0.2, 0.25) is 5.88 Å². The topological polar surface area (TPSA) is 51.2 Å². The molecule has 0 radical (unpaired) electrons. The van der Waals surface area contributed by atoms with E-state index < -0.39 is 17.5 Å². The number of carbonyl (C=O) groups is 1. The third kappa shape index (κ3) is 4.17. The molecule has 2 aromatic carbocycles. The van der Waals surface area contributed by atoms with E-state index in [1.807, 2.05) is 0 Å². The number of nitrogens with one attached hydrogen (secondary N) is 1. The minimum Gasteiger partial charge on any atom is -0.438 e. The summed E-state index contributed by atoms with van der Waals surface area (Å²) in [5.74, 6) is -0.801. The van der Waals surface area contributed by atoms with E-state index in [4.69, 9.17) is 4.74 Å². The van der Waals surface area contributed by atoms with Gasteiger partial charge >= 0.3 is 0 Å². The Morgan fingerprint density at radius 1 is 1.00 bits per heavy atom. The first kappa shape index (κ1) is 16.6. The molecule has 0 fully saturated rings. The molecule has 6 heteroatoms. The van der Waals surface area contributed by atoms with E-state index in [-0.39, 0.29) is 18.0 Å². The summed E-state index contributed by atoms with van der Waals surface area (Å²) in [6.45, 7) is 0.0381. The molecule has 0 saturated heterocycles. The first-order chi connectivity index (χ1) is 12.1. The van der Waals surface area contributed by atoms with Crippen LogP contribution in [0.25, 0.3) is 0 Å². The van der Waals surface area contributed by atoms with Crippen molar-refractivity contribution in [3.05, 3.63) is 89.6 Å². The first-order valence-electron chi connectivity index (χ1n) is 7.53. The van der Waals surface area contributed by atoms with Crippen molar-refractivity contribution in [3.8, 4) is 11.6 Å². The molecule has 1 heterocycles. The number of hydrogen-bond acceptors (Lipinski definition) is 3. The van der Waals surface area contributed by atoms with Crippen molar-refractivity contribution in [2.45, 2.75) is 6.54 Å². The van der Waals surface area contributed by atoms with Gasteiger partial charge in [0.15, 0.2) is 0 Å². The SMILES string of the molecule is O=C(NCc1ccccc1F)c1cccnc1Oc1ccc(F)cc1. The Balaban J connectivity index is 1.74. The maximum atomic E-state index is 13.6. The number of rotatable bonds is 5. The first-order valence-corrected chi connectivity index (χ1v) is 7.53. The lowest BCUT2D eigenvalue weighted by Crippen LogP contribution is -2.24. The van der Waals surface area contributed by atoms with Gasteiger partial charge in [-0.25, -0.2) is 13.8 Å². The van der Waals surface area contributed by atoms with Crippen LogP contribution in [0.2, 0.25) is 0 Å². The van der Waals surface area contributed by atoms with E-state index in [1.165, 1.54) is 36.5 Å². The largest absolute Gasteiger partial charge is 0.438 e. The Morgan fingerprint density at radius 2 is 1.76 bits per heavy atom. The van der Waals surface area contributed by atoms with Gasteiger partial charge in [-0.05, 0) is 42.5 Å². The van der Waals surface area contributed by atoms with E-state index in [1.54, 1.807) is 30.3 Å². The van der Waals surface area contributed by atoms with Gasteiger partial charge in [0.25, 0.3) is 5.91 Å². The lowest BCUT2D eigenvalue weighted by atomic mass is 10.2. The fraction of sp³-hybridized carbons (Fsp3) is 0.0526. The zero-order valence-corrected chi connectivity index (χ0v) is 13.1. The van der Waals surface area contributed by atoms with Crippen LogP contribution in [0, 0.1) is 11.6 Å². The molecule has 0 spiro atoms. The van der Waals surface area contributed by atoms with Crippen molar-refractivity contribution in [1.29, 1.82) is 0 Å². The van der Waals surface area contributed by atoms with Crippen molar-refractivity contribution in [1.82, 2.24) is 10.3 Å². The monoisotopic (exact) mass is 340 g/mol. The number of amides is 1. The van der Waals surface area contributed by atoms with Crippen molar-refractivity contribution >= 4 is 5.91 Å². The fourth-order valence-corrected chi connectivity index (χ4v) is 2.17. The van der Waals surface area contributed by atoms with Crippen LogP contribution in [-0.2, 0) is 6.54 Å². The average molecular weight is 340 g/mol. The summed E-state index contributed by atoms with van der Waals surface area (Å²) >= 11 is 0. The van der Waals surface area contributed by atoms with Crippen LogP contribution in [0.5, 0.6) is 11.6 Å². The zero-order valence-electron chi connectivity index (χ0n) is 13.1. The highest BCUT2D eigenvalue weighted by Crippen LogP contribution is 2.23. The molecule has 0 saturated carbocycles. The minimum absolute atomic E-state index is 0.0381. The number of hydrogen-bond donors (Lipinski definition) is 1. The van der Waals surface area contributed by atoms with Gasteiger partial charge in [0.1, 0.15) is 22.9 Å². The van der Waals surface area contributed by atoms with Crippen molar-refractivity contribution < 1.29 is 18.3 Å². The van der Waals surface area contributed by atoms with Gasteiger partial charge in [-0.2, -0.15) is 0 Å². The van der Waals surface area contributed by atoms with Crippen LogP contribution in [-0.4, -0.2) is 10.9 Å². The Kier molecular flexibility index (Phi) is 4.99. The molecule has 0 aliphatic rings. The Morgan fingerprint density at radius 3 is 2.52 bits per heavy atom. The van der Waals surface area contributed by atoms with Crippen molar-refractivity contribution in [2.75, 3.05) is 0 Å². The number of aromatic nitrogens is 1. The predicted molar refractivity (Wildman–Crippen MR) is 88.3 cm³/mol. The van der Waals surface area contributed by atoms with Gasteiger partial charge in [-0.15, -0.1) is 0 Å². The normalized spacial score (nSPS) is 10.3. The molecular weight excluding hydrogens is 326 g/mol. The average Bonchev–Trinajstić information content (AvgIpc) is 2.63. The number of benzene rings is 2. The fourth-order valence-electron chi connectivity index (χ4n) is 2.17. The molecule has 4 nitrogen and oxygen atoms in total. The highest BCUT2D eigenvalue weighted by Gasteiger charge is 2.14. The number of pyridine rings is 1. The van der Waals surface area contributed by atoms with Gasteiger partial charge in [-0.1, -0.05) is 18.2 Å². The Hall–Kier alpha value is -3.28. The molecule has 3 aromatic rings. The maximum Gasteiger partial charge on any atom is 0.257 e. The summed E-state index contributed by atoms with van der Waals surface area (Å²) in [5.41, 5.74) is 0.573. The van der Waals surface area contributed by atoms with Crippen LogP contribution >= 0.6 is 0 Å². The zero-order chi connectivity index (χ0) is 17.6. The highest BCUT2D eigenvalue weighted by molar-refractivity contribution is 5.96. The summed E-state index contributed by atoms with van der Waals surface area (Å²) < 4.78 is 32.1. The number of ether oxygens (including phenoxy) is 1. The number of nitrogens with zero attached hydrogens (tertiary/aromatic N) is 1. The molecule has 0 aliphatic carbocycles. The molecule has 1 N–H and O–H groups in total. The summed E-state index contributed by atoms with van der Waals surface area (Å²) in [6.07, 6.45) is 1.48. The third-order valence-corrected chi connectivity index (χ3v) is 3.44. The molecule has 3 rings (SSSR count). The van der Waals surface area contributed by atoms with E-state index in [9.17, 15) is 13.6 Å². The lowest BCUT2D eigenvalue weighted by molar-refractivity contribution is 0.0947. The second-order valence-corrected chi connectivity index (χ2v) is 5.19. The molecule has 1 amide bonds. The number of halogens is 2. The second-order valence-electron chi connectivity index (χ2n) is 5.19. The van der Waals surface area contributed by atoms with Crippen LogP contribution in [0.1, 0.15) is 15.9 Å². The molecule has 1 aromatic heterocycles. The molecule has 0 aliphatic heterocycles. The lowest BCUT2D eigenvalue weighted by Gasteiger charge is -2.10. The standard InChI is InChI=1S/C19H14F2N2O2/c20-14-7-9-15(10-8-14)25-19-16(5-3-11-22-19)18(24)23-12-13-4-1-2-6-17(13)21/h1-11H,12H2,(H,23,24). The summed E-state index contributed by atoms with van der Waals surface area (Å²) in [6, 6.07) is 14.7. The molecule has 0 unspecified atom stereocenters. The van der Waals surface area contributed by atoms with Crippen LogP contribution in [0.4, 0.5) is 8.78 Å². The molecule has 126 valence electrons. The molecular formula is C19H14F2N2O2. The minimum atomic E-state index is -0.450. The van der Waals surface area contributed by atoms with Crippen LogP contribution in [0.15, 0.2) is 66.9 Å². The summed E-state index contributed by atoms with van der Waals surface area (Å²) in [7, 11) is 0. The Bertz CT molecular complexity index is 883. The van der Waals surface area contributed by atoms with E-state index in [0.29, 0.717) is 11.3 Å². The smallest absolute Gasteiger partial charge is 0.257 e. The van der Waals surface area contributed by atoms with Crippen molar-refractivity contribution in [3.63, 3.8) is 0 Å². The van der Waals surface area contributed by atoms with Crippen LogP contribution < -0.4 is 10.1 Å². The van der Waals surface area contributed by atoms with E-state index >= 15 is 0 Å². The molecule has 0 atom stereocenters. The summed E-state index contributed by atoms with van der Waals surface area (Å²) in [4.78, 5) is 16.4. The van der Waals surface area contributed by atoms with Gasteiger partial charge < -0.3 is 10.1 Å². The van der Waals surface area contributed by atoms with Gasteiger partial charge in [-0.3, -0.25) is 4.79 Å².